The number of esters is 2. The predicted molar refractivity (Wildman–Crippen MR) is 146 cm³/mol. The Morgan fingerprint density at radius 3 is 1.95 bits per heavy atom. The van der Waals surface area contributed by atoms with Crippen molar-refractivity contribution in [1.82, 2.24) is 4.90 Å². The van der Waals surface area contributed by atoms with Crippen LogP contribution in [0.5, 0.6) is 11.5 Å². The summed E-state index contributed by atoms with van der Waals surface area (Å²) in [6.45, 7) is 6.50. The Morgan fingerprint density at radius 2 is 1.49 bits per heavy atom. The monoisotopic (exact) mass is 573 g/mol. The summed E-state index contributed by atoms with van der Waals surface area (Å²) < 4.78 is 48.8. The maximum absolute atomic E-state index is 13.1. The Morgan fingerprint density at radius 1 is 0.974 bits per heavy atom. The van der Waals surface area contributed by atoms with E-state index in [1.165, 1.54) is 0 Å². The average Bonchev–Trinajstić information content (AvgIpc) is 3.28. The van der Waals surface area contributed by atoms with Crippen molar-refractivity contribution in [3.8, 4) is 11.5 Å². The zero-order valence-electron chi connectivity index (χ0n) is 23.9. The van der Waals surface area contributed by atoms with Gasteiger partial charge in [0, 0.05) is 13.9 Å². The maximum Gasteiger partial charge on any atom is 0.535 e. The van der Waals surface area contributed by atoms with Crippen molar-refractivity contribution in [2.45, 2.75) is 53.0 Å². The van der Waals surface area contributed by atoms with Crippen LogP contribution in [0.1, 0.15) is 48.4 Å². The zero-order chi connectivity index (χ0) is 29.0. The van der Waals surface area contributed by atoms with Crippen LogP contribution in [0, 0.1) is 17.8 Å². The first-order chi connectivity index (χ1) is 18.5. The van der Waals surface area contributed by atoms with E-state index < -0.39 is 33.3 Å². The first-order valence-corrected chi connectivity index (χ1v) is 14.4. The van der Waals surface area contributed by atoms with Crippen molar-refractivity contribution in [1.29, 1.82) is 0 Å². The molecule has 0 saturated carbocycles. The molecule has 0 spiro atoms. The number of rotatable bonds is 12. The largest absolute Gasteiger partial charge is 0.535 e. The van der Waals surface area contributed by atoms with Crippen LogP contribution in [0.3, 0.4) is 0 Å². The third-order valence-corrected chi connectivity index (χ3v) is 7.61. The van der Waals surface area contributed by atoms with E-state index in [-0.39, 0.29) is 13.3 Å². The molecule has 2 unspecified atom stereocenters. The lowest BCUT2D eigenvalue weighted by Crippen LogP contribution is -2.32. The SMILES string of the molecule is CC(C)C(=O)OCOP(=O)(OCOC(=O)C(C)C)OC1=CCC2CCN(C)C2C1.COc1ccccc1OC.[HH]. The Bertz CT molecular complexity index is 966. The zero-order valence-corrected chi connectivity index (χ0v) is 24.8. The number of para-hydroxylation sites is 2. The van der Waals surface area contributed by atoms with Crippen LogP contribution in [0.25, 0.3) is 0 Å². The normalized spacial score (nSPS) is 18.9. The second-order valence-electron chi connectivity index (χ2n) is 9.83. The third kappa shape index (κ3) is 10.5. The van der Waals surface area contributed by atoms with Crippen LogP contribution in [0.15, 0.2) is 36.1 Å². The molecule has 3 rings (SSSR count). The molecule has 0 amide bonds. The minimum Gasteiger partial charge on any atom is -0.493 e. The number of allylic oxidation sites excluding steroid dienone is 1. The molecule has 2 atom stereocenters. The minimum atomic E-state index is -4.16. The van der Waals surface area contributed by atoms with E-state index in [2.05, 4.69) is 11.9 Å². The number of hydrogen-bond acceptors (Lipinski definition) is 11. The van der Waals surface area contributed by atoms with E-state index >= 15 is 0 Å². The van der Waals surface area contributed by atoms with Crippen molar-refractivity contribution >= 4 is 19.8 Å². The fourth-order valence-electron chi connectivity index (χ4n) is 3.98. The fourth-order valence-corrected chi connectivity index (χ4v) is 4.96. The Labute approximate surface area is 232 Å². The summed E-state index contributed by atoms with van der Waals surface area (Å²) in [6, 6.07) is 7.83. The van der Waals surface area contributed by atoms with Gasteiger partial charge < -0.3 is 28.4 Å². The van der Waals surface area contributed by atoms with Gasteiger partial charge in [0.15, 0.2) is 11.5 Å². The minimum absolute atomic E-state index is 0. The van der Waals surface area contributed by atoms with E-state index in [4.69, 9.17) is 32.5 Å². The lowest BCUT2D eigenvalue weighted by molar-refractivity contribution is -0.157. The highest BCUT2D eigenvalue weighted by molar-refractivity contribution is 7.48. The fraction of sp³-hybridized carbons (Fsp3) is 0.630. The molecular formula is C27H44NO10P. The first kappa shape index (κ1) is 32.6. The molecule has 1 aromatic carbocycles. The van der Waals surface area contributed by atoms with Gasteiger partial charge in [-0.15, -0.1) is 0 Å². The number of methoxy groups -OCH3 is 2. The van der Waals surface area contributed by atoms with E-state index in [0.29, 0.717) is 24.1 Å². The summed E-state index contributed by atoms with van der Waals surface area (Å²) in [7, 11) is 1.14. The molecule has 0 N–H and O–H groups in total. The Hall–Kier alpha value is -2.59. The van der Waals surface area contributed by atoms with Crippen LogP contribution in [-0.2, 0) is 37.2 Å². The summed E-state index contributed by atoms with van der Waals surface area (Å²) in [5.74, 6) is 0.854. The number of benzene rings is 1. The molecule has 0 bridgehead atoms. The van der Waals surface area contributed by atoms with Crippen LogP contribution in [-0.4, -0.2) is 64.3 Å². The van der Waals surface area contributed by atoms with Gasteiger partial charge in [-0.1, -0.05) is 39.8 Å². The molecule has 11 nitrogen and oxygen atoms in total. The molecule has 2 aliphatic rings. The molecule has 39 heavy (non-hydrogen) atoms. The van der Waals surface area contributed by atoms with Crippen molar-refractivity contribution in [3.63, 3.8) is 0 Å². The molecule has 222 valence electrons. The predicted octanol–water partition coefficient (Wildman–Crippen LogP) is 5.41. The molecule has 1 saturated heterocycles. The molecule has 0 aromatic heterocycles. The summed E-state index contributed by atoms with van der Waals surface area (Å²) >= 11 is 0. The number of likely N-dealkylation sites (tertiary alicyclic amines) is 1. The number of ether oxygens (including phenoxy) is 4. The molecule has 1 aromatic rings. The van der Waals surface area contributed by atoms with Crippen molar-refractivity contribution in [2.75, 3.05) is 41.4 Å². The topological polar surface area (TPSA) is 119 Å². The van der Waals surface area contributed by atoms with Gasteiger partial charge >= 0.3 is 19.8 Å². The molecule has 1 aliphatic carbocycles. The number of phosphoric ester groups is 1. The van der Waals surface area contributed by atoms with E-state index in [1.54, 1.807) is 41.9 Å². The number of carbonyl (C=O) groups is 2. The Kier molecular flexibility index (Phi) is 13.3. The van der Waals surface area contributed by atoms with Gasteiger partial charge in [-0.3, -0.25) is 9.59 Å². The van der Waals surface area contributed by atoms with Gasteiger partial charge in [0.05, 0.1) is 26.1 Å². The third-order valence-electron chi connectivity index (χ3n) is 6.31. The van der Waals surface area contributed by atoms with Gasteiger partial charge in [-0.25, -0.2) is 13.6 Å². The summed E-state index contributed by atoms with van der Waals surface area (Å²) in [6.07, 6.45) is 4.40. The van der Waals surface area contributed by atoms with E-state index in [0.717, 1.165) is 30.9 Å². The molecule has 1 aliphatic heterocycles. The highest BCUT2D eigenvalue weighted by Crippen LogP contribution is 2.53. The standard InChI is InChI=1S/C19H32NO8P.C8H10O2.H2/c1-13(2)18(21)24-11-26-29(23,27-12-25-19(22)14(3)4)28-16-7-6-15-8-9-20(5)17(15)10-16;1-9-7-5-3-4-6-8(7)10-2;/h7,13-15,17H,6,8-12H2,1-5H3;3-6H,1-2H3;1H. The number of phosphoric acid groups is 1. The van der Waals surface area contributed by atoms with Gasteiger partial charge in [0.2, 0.25) is 13.6 Å². The average molecular weight is 574 g/mol. The summed E-state index contributed by atoms with van der Waals surface area (Å²) in [5, 5.41) is 0. The van der Waals surface area contributed by atoms with Crippen molar-refractivity contribution in [2.24, 2.45) is 17.8 Å². The van der Waals surface area contributed by atoms with Crippen LogP contribution in [0.4, 0.5) is 0 Å². The van der Waals surface area contributed by atoms with E-state index in [1.807, 2.05) is 30.3 Å². The van der Waals surface area contributed by atoms with Gasteiger partial charge in [0.25, 0.3) is 0 Å². The lowest BCUT2D eigenvalue weighted by atomic mass is 9.89. The maximum atomic E-state index is 13.1. The second kappa shape index (κ2) is 15.9. The molecule has 0 radical (unpaired) electrons. The number of nitrogens with zero attached hydrogens (tertiary/aromatic N) is 1. The van der Waals surface area contributed by atoms with Gasteiger partial charge in [0.1, 0.15) is 5.76 Å². The second-order valence-corrected chi connectivity index (χ2v) is 11.4. The van der Waals surface area contributed by atoms with Gasteiger partial charge in [-0.05, 0) is 50.6 Å². The summed E-state index contributed by atoms with van der Waals surface area (Å²) in [5.41, 5.74) is 0. The molecular weight excluding hydrogens is 529 g/mol. The quantitative estimate of drug-likeness (QED) is 0.181. The smallest absolute Gasteiger partial charge is 0.493 e. The number of carbonyl (C=O) groups excluding carboxylic acids is 2. The van der Waals surface area contributed by atoms with Crippen LogP contribution >= 0.6 is 7.82 Å². The van der Waals surface area contributed by atoms with Crippen molar-refractivity contribution < 1.29 is 48.1 Å². The Balaban J connectivity index is 0.000000612. The highest BCUT2D eigenvalue weighted by Gasteiger charge is 2.38. The van der Waals surface area contributed by atoms with Gasteiger partial charge in [-0.2, -0.15) is 0 Å². The molecule has 1 fully saturated rings. The summed E-state index contributed by atoms with van der Waals surface area (Å²) in [4.78, 5) is 25.4. The van der Waals surface area contributed by atoms with Crippen LogP contribution in [0.2, 0.25) is 0 Å². The first-order valence-electron chi connectivity index (χ1n) is 13.0. The number of hydrogen-bond donors (Lipinski definition) is 0. The molecule has 1 heterocycles. The number of fused-ring (bicyclic) bond motifs is 1. The van der Waals surface area contributed by atoms with E-state index in [9.17, 15) is 14.2 Å². The highest BCUT2D eigenvalue weighted by atomic mass is 31.2. The lowest BCUT2D eigenvalue weighted by Gasteiger charge is -2.30. The molecule has 12 heteroatoms. The van der Waals surface area contributed by atoms with Crippen LogP contribution < -0.4 is 9.47 Å². The van der Waals surface area contributed by atoms with Crippen molar-refractivity contribution in [3.05, 3.63) is 36.1 Å².